The quantitative estimate of drug-likeness (QED) is 0.848. The number of carbonyl (C=O) groups is 1. The zero-order valence-electron chi connectivity index (χ0n) is 6.92. The molecule has 13 heavy (non-hydrogen) atoms. The van der Waals surface area contributed by atoms with E-state index in [0.717, 1.165) is 5.56 Å². The topological polar surface area (TPSA) is 37.3 Å². The summed E-state index contributed by atoms with van der Waals surface area (Å²) in [5.74, 6) is -0.916. The first-order chi connectivity index (χ1) is 6.02. The second-order valence-corrected chi connectivity index (χ2v) is 4.89. The van der Waals surface area contributed by atoms with E-state index in [4.69, 9.17) is 5.11 Å². The Labute approximate surface area is 93.2 Å². The summed E-state index contributed by atoms with van der Waals surface area (Å²) in [7, 11) is 0. The van der Waals surface area contributed by atoms with Crippen LogP contribution in [0.1, 0.15) is 27.7 Å². The summed E-state index contributed by atoms with van der Waals surface area (Å²) in [6.07, 6.45) is 0. The van der Waals surface area contributed by atoms with E-state index in [1.807, 2.05) is 13.0 Å². The van der Waals surface area contributed by atoms with Crippen molar-refractivity contribution in [3.8, 4) is 0 Å². The fourth-order valence-corrected chi connectivity index (χ4v) is 1.80. The van der Waals surface area contributed by atoms with E-state index in [2.05, 4.69) is 31.9 Å². The van der Waals surface area contributed by atoms with Crippen molar-refractivity contribution in [1.29, 1.82) is 0 Å². The number of hydrogen-bond acceptors (Lipinski definition) is 1. The third-order valence-corrected chi connectivity index (χ3v) is 2.87. The number of rotatable bonds is 2. The Balaban J connectivity index is 3.13. The number of carboxylic acids is 1. The summed E-state index contributed by atoms with van der Waals surface area (Å²) < 4.78 is 0.615. The van der Waals surface area contributed by atoms with Gasteiger partial charge in [0.15, 0.2) is 0 Å². The maximum absolute atomic E-state index is 10.7. The first-order valence-electron chi connectivity index (χ1n) is 3.69. The third-order valence-electron chi connectivity index (χ3n) is 1.68. The molecule has 0 unspecified atom stereocenters. The predicted molar refractivity (Wildman–Crippen MR) is 58.4 cm³/mol. The number of aromatic carboxylic acids is 1. The normalized spacial score (nSPS) is 12.5. The lowest BCUT2D eigenvalue weighted by Gasteiger charge is -2.05. The van der Waals surface area contributed by atoms with E-state index < -0.39 is 5.97 Å². The molecular weight excluding hydrogens is 300 g/mol. The van der Waals surface area contributed by atoms with Crippen molar-refractivity contribution < 1.29 is 9.90 Å². The van der Waals surface area contributed by atoms with Crippen LogP contribution in [0.5, 0.6) is 0 Å². The molecule has 1 N–H and O–H groups in total. The van der Waals surface area contributed by atoms with Crippen LogP contribution in [0.3, 0.4) is 0 Å². The smallest absolute Gasteiger partial charge is 0.336 e. The Kier molecular flexibility index (Phi) is 3.50. The van der Waals surface area contributed by atoms with Gasteiger partial charge in [-0.1, -0.05) is 22.0 Å². The van der Waals surface area contributed by atoms with Gasteiger partial charge in [-0.2, -0.15) is 0 Å². The number of hydrogen-bond donors (Lipinski definition) is 1. The van der Waals surface area contributed by atoms with Crippen LogP contribution in [0, 0.1) is 0 Å². The van der Waals surface area contributed by atoms with Gasteiger partial charge < -0.3 is 5.11 Å². The fraction of sp³-hybridized carbons (Fsp3) is 0.222. The highest BCUT2D eigenvalue weighted by Crippen LogP contribution is 2.26. The second kappa shape index (κ2) is 4.24. The zero-order valence-corrected chi connectivity index (χ0v) is 10.1. The van der Waals surface area contributed by atoms with Gasteiger partial charge in [-0.15, -0.1) is 0 Å². The lowest BCUT2D eigenvalue weighted by Crippen LogP contribution is -1.98. The lowest BCUT2D eigenvalue weighted by atomic mass is 10.1. The van der Waals surface area contributed by atoms with Crippen molar-refractivity contribution in [3.05, 3.63) is 33.8 Å². The minimum absolute atomic E-state index is 0.228. The average molecular weight is 308 g/mol. The van der Waals surface area contributed by atoms with Crippen molar-refractivity contribution in [2.75, 3.05) is 0 Å². The average Bonchev–Trinajstić information content (AvgIpc) is 2.03. The highest BCUT2D eigenvalue weighted by molar-refractivity contribution is 9.10. The molecule has 0 saturated heterocycles. The van der Waals surface area contributed by atoms with Crippen molar-refractivity contribution >= 4 is 37.8 Å². The molecule has 0 fully saturated rings. The van der Waals surface area contributed by atoms with Crippen LogP contribution in [0.2, 0.25) is 0 Å². The van der Waals surface area contributed by atoms with Gasteiger partial charge in [-0.05, 0) is 40.5 Å². The molecular formula is C9H8Br2O2. The van der Waals surface area contributed by atoms with Gasteiger partial charge in [0.05, 0.1) is 5.56 Å². The van der Waals surface area contributed by atoms with Crippen molar-refractivity contribution in [1.82, 2.24) is 0 Å². The fourth-order valence-electron chi connectivity index (χ4n) is 0.952. The molecule has 2 nitrogen and oxygen atoms in total. The molecule has 0 aliphatic carbocycles. The van der Waals surface area contributed by atoms with E-state index in [1.54, 1.807) is 12.1 Å². The van der Waals surface area contributed by atoms with Crippen molar-refractivity contribution in [2.45, 2.75) is 11.8 Å². The van der Waals surface area contributed by atoms with Crippen LogP contribution in [0.25, 0.3) is 0 Å². The molecule has 0 bridgehead atoms. The molecule has 0 radical (unpaired) electrons. The Morgan fingerprint density at radius 1 is 1.54 bits per heavy atom. The summed E-state index contributed by atoms with van der Waals surface area (Å²) in [4.78, 5) is 10.9. The Bertz CT molecular complexity index is 334. The van der Waals surface area contributed by atoms with Crippen molar-refractivity contribution in [2.24, 2.45) is 0 Å². The highest BCUT2D eigenvalue weighted by Gasteiger charge is 2.09. The molecule has 0 aliphatic heterocycles. The standard InChI is InChI=1S/C9H8Br2O2/c1-5(10)6-2-3-7(9(12)13)8(11)4-6/h2-5H,1H3,(H,12,13)/t5-/m0/s1. The van der Waals surface area contributed by atoms with Gasteiger partial charge in [-0.25, -0.2) is 4.79 Å². The Hall–Kier alpha value is -0.350. The van der Waals surface area contributed by atoms with E-state index in [0.29, 0.717) is 4.47 Å². The second-order valence-electron chi connectivity index (χ2n) is 2.66. The number of halogens is 2. The Morgan fingerprint density at radius 2 is 2.15 bits per heavy atom. The van der Waals surface area contributed by atoms with Crippen LogP contribution in [-0.2, 0) is 0 Å². The molecule has 0 heterocycles. The summed E-state index contributed by atoms with van der Waals surface area (Å²) in [6.45, 7) is 1.99. The van der Waals surface area contributed by atoms with E-state index in [9.17, 15) is 4.79 Å². The summed E-state index contributed by atoms with van der Waals surface area (Å²) in [6, 6.07) is 5.20. The number of carboxylic acid groups (broad SMARTS) is 1. The Morgan fingerprint density at radius 3 is 2.54 bits per heavy atom. The van der Waals surface area contributed by atoms with Crippen molar-refractivity contribution in [3.63, 3.8) is 0 Å². The van der Waals surface area contributed by atoms with Gasteiger partial charge in [0.2, 0.25) is 0 Å². The number of benzene rings is 1. The molecule has 0 aromatic heterocycles. The maximum Gasteiger partial charge on any atom is 0.336 e. The van der Waals surface area contributed by atoms with E-state index in [1.165, 1.54) is 0 Å². The minimum Gasteiger partial charge on any atom is -0.478 e. The molecule has 1 aromatic carbocycles. The van der Waals surface area contributed by atoms with Gasteiger partial charge in [0.25, 0.3) is 0 Å². The van der Waals surface area contributed by atoms with Crippen LogP contribution >= 0.6 is 31.9 Å². The van der Waals surface area contributed by atoms with Crippen LogP contribution in [0.15, 0.2) is 22.7 Å². The first-order valence-corrected chi connectivity index (χ1v) is 5.40. The number of alkyl halides is 1. The van der Waals surface area contributed by atoms with Gasteiger partial charge in [-0.3, -0.25) is 0 Å². The van der Waals surface area contributed by atoms with Gasteiger partial charge in [0.1, 0.15) is 0 Å². The molecule has 1 aromatic rings. The first kappa shape index (κ1) is 10.7. The molecule has 70 valence electrons. The molecule has 1 rings (SSSR count). The van der Waals surface area contributed by atoms with E-state index in [-0.39, 0.29) is 10.4 Å². The molecule has 0 spiro atoms. The molecule has 0 aliphatic rings. The van der Waals surface area contributed by atoms with Gasteiger partial charge >= 0.3 is 5.97 Å². The SMILES string of the molecule is C[C@H](Br)c1ccc(C(=O)O)c(Br)c1. The monoisotopic (exact) mass is 306 g/mol. The van der Waals surface area contributed by atoms with Gasteiger partial charge in [0, 0.05) is 9.30 Å². The predicted octanol–water partition coefficient (Wildman–Crippen LogP) is 3.60. The third kappa shape index (κ3) is 2.54. The van der Waals surface area contributed by atoms with Crippen LogP contribution in [0.4, 0.5) is 0 Å². The zero-order chi connectivity index (χ0) is 10.0. The van der Waals surface area contributed by atoms with Crippen LogP contribution in [-0.4, -0.2) is 11.1 Å². The lowest BCUT2D eigenvalue weighted by molar-refractivity contribution is 0.0696. The molecule has 4 heteroatoms. The molecule has 0 saturated carbocycles. The molecule has 1 atom stereocenters. The summed E-state index contributed by atoms with van der Waals surface area (Å²) in [5, 5.41) is 8.75. The van der Waals surface area contributed by atoms with E-state index >= 15 is 0 Å². The van der Waals surface area contributed by atoms with Crippen LogP contribution < -0.4 is 0 Å². The molecule has 0 amide bonds. The summed E-state index contributed by atoms with van der Waals surface area (Å²) >= 11 is 6.62. The highest BCUT2D eigenvalue weighted by atomic mass is 79.9. The summed E-state index contributed by atoms with van der Waals surface area (Å²) in [5.41, 5.74) is 1.34. The maximum atomic E-state index is 10.7. The largest absolute Gasteiger partial charge is 0.478 e. The minimum atomic E-state index is -0.916.